The molecule has 0 heterocycles. The maximum Gasteiger partial charge on any atom is 0.269 e. The lowest BCUT2D eigenvalue weighted by atomic mass is 10.2. The standard InChI is InChI=1S/C29H41NO12/c31-25-26-1-5-28(6-2-26)41-23-21-39-19-17-37-15-13-35-11-9-34-10-12-36-14-16-38-18-20-40-22-24-42-29-7-3-27(4-8-29)30(32)33/h1-8,25H,9-24H2. The molecular weight excluding hydrogens is 554 g/mol. The van der Waals surface area contributed by atoms with Crippen molar-refractivity contribution in [2.24, 2.45) is 0 Å². The van der Waals surface area contributed by atoms with Gasteiger partial charge in [-0.2, -0.15) is 0 Å². The van der Waals surface area contributed by atoms with Gasteiger partial charge >= 0.3 is 0 Å². The van der Waals surface area contributed by atoms with Gasteiger partial charge in [0.25, 0.3) is 5.69 Å². The van der Waals surface area contributed by atoms with E-state index in [0.717, 1.165) is 6.29 Å². The molecule has 2 aromatic carbocycles. The largest absolute Gasteiger partial charge is 0.491 e. The van der Waals surface area contributed by atoms with Gasteiger partial charge in [0.1, 0.15) is 31.0 Å². The number of carbonyl (C=O) groups excluding carboxylic acids is 1. The highest BCUT2D eigenvalue weighted by Gasteiger charge is 2.04. The lowest BCUT2D eigenvalue weighted by Gasteiger charge is -2.09. The van der Waals surface area contributed by atoms with Crippen molar-refractivity contribution in [3.05, 3.63) is 64.2 Å². The Morgan fingerprint density at radius 1 is 0.476 bits per heavy atom. The molecule has 0 saturated carbocycles. The van der Waals surface area contributed by atoms with E-state index in [9.17, 15) is 14.9 Å². The number of rotatable bonds is 28. The Kier molecular flexibility index (Phi) is 20.4. The summed E-state index contributed by atoms with van der Waals surface area (Å²) in [4.78, 5) is 20.8. The normalized spacial score (nSPS) is 11.0. The summed E-state index contributed by atoms with van der Waals surface area (Å²) in [7, 11) is 0. The third-order valence-electron chi connectivity index (χ3n) is 5.29. The zero-order valence-electron chi connectivity index (χ0n) is 23.9. The van der Waals surface area contributed by atoms with Gasteiger partial charge in [-0.25, -0.2) is 0 Å². The van der Waals surface area contributed by atoms with Gasteiger partial charge in [-0.1, -0.05) is 0 Å². The Morgan fingerprint density at radius 3 is 1.05 bits per heavy atom. The molecule has 0 N–H and O–H groups in total. The predicted molar refractivity (Wildman–Crippen MR) is 152 cm³/mol. The number of non-ortho nitro benzene ring substituents is 1. The lowest BCUT2D eigenvalue weighted by molar-refractivity contribution is -0.384. The van der Waals surface area contributed by atoms with E-state index in [1.807, 2.05) is 0 Å². The smallest absolute Gasteiger partial charge is 0.269 e. The van der Waals surface area contributed by atoms with Crippen LogP contribution in [0.4, 0.5) is 5.69 Å². The first kappa shape index (κ1) is 35.0. The second-order valence-electron chi connectivity index (χ2n) is 8.42. The molecule has 0 aliphatic heterocycles. The van der Waals surface area contributed by atoms with Gasteiger partial charge < -0.3 is 42.6 Å². The van der Waals surface area contributed by atoms with Crippen LogP contribution in [0.25, 0.3) is 0 Å². The van der Waals surface area contributed by atoms with Crippen molar-refractivity contribution in [3.8, 4) is 11.5 Å². The molecule has 234 valence electrons. The summed E-state index contributed by atoms with van der Waals surface area (Å²) < 4.78 is 49.1. The highest BCUT2D eigenvalue weighted by atomic mass is 16.6. The number of aldehydes is 1. The minimum Gasteiger partial charge on any atom is -0.491 e. The van der Waals surface area contributed by atoms with Crippen LogP contribution in [0.5, 0.6) is 11.5 Å². The van der Waals surface area contributed by atoms with E-state index in [1.165, 1.54) is 12.1 Å². The first-order valence-corrected chi connectivity index (χ1v) is 13.8. The summed E-state index contributed by atoms with van der Waals surface area (Å²) in [6.07, 6.45) is 0.792. The number of hydrogen-bond acceptors (Lipinski definition) is 12. The van der Waals surface area contributed by atoms with Crippen LogP contribution in [-0.4, -0.2) is 117 Å². The molecule has 0 atom stereocenters. The summed E-state index contributed by atoms with van der Waals surface area (Å²) in [5.41, 5.74) is 0.636. The van der Waals surface area contributed by atoms with E-state index in [0.29, 0.717) is 123 Å². The first-order chi connectivity index (χ1) is 20.7. The third-order valence-corrected chi connectivity index (χ3v) is 5.29. The summed E-state index contributed by atoms with van der Waals surface area (Å²) >= 11 is 0. The van der Waals surface area contributed by atoms with Crippen LogP contribution < -0.4 is 9.47 Å². The highest BCUT2D eigenvalue weighted by molar-refractivity contribution is 5.74. The molecular formula is C29H41NO12. The number of nitro benzene ring substituents is 1. The molecule has 0 aliphatic rings. The molecule has 2 aromatic rings. The zero-order valence-corrected chi connectivity index (χ0v) is 23.9. The summed E-state index contributed by atoms with van der Waals surface area (Å²) in [5, 5.41) is 10.6. The molecule has 0 spiro atoms. The Morgan fingerprint density at radius 2 is 0.762 bits per heavy atom. The maximum absolute atomic E-state index is 10.6. The molecule has 13 heteroatoms. The van der Waals surface area contributed by atoms with Crippen LogP contribution in [0.3, 0.4) is 0 Å². The molecule has 0 aliphatic carbocycles. The van der Waals surface area contributed by atoms with Crippen molar-refractivity contribution in [3.63, 3.8) is 0 Å². The van der Waals surface area contributed by atoms with Gasteiger partial charge in [0.05, 0.1) is 97.4 Å². The Labute approximate surface area is 246 Å². The van der Waals surface area contributed by atoms with Gasteiger partial charge in [0.2, 0.25) is 0 Å². The minimum absolute atomic E-state index is 0.0236. The summed E-state index contributed by atoms with van der Waals surface area (Å²) in [6, 6.07) is 12.8. The van der Waals surface area contributed by atoms with E-state index in [4.69, 9.17) is 42.6 Å². The van der Waals surface area contributed by atoms with Crippen LogP contribution in [0, 0.1) is 10.1 Å². The van der Waals surface area contributed by atoms with E-state index in [2.05, 4.69) is 0 Å². The Balaban J connectivity index is 1.21. The fourth-order valence-corrected chi connectivity index (χ4v) is 3.17. The monoisotopic (exact) mass is 595 g/mol. The van der Waals surface area contributed by atoms with E-state index in [-0.39, 0.29) is 5.69 Å². The average molecular weight is 596 g/mol. The number of carbonyl (C=O) groups is 1. The first-order valence-electron chi connectivity index (χ1n) is 13.8. The molecule has 0 bridgehead atoms. The van der Waals surface area contributed by atoms with E-state index >= 15 is 0 Å². The van der Waals surface area contributed by atoms with Crippen molar-refractivity contribution >= 4 is 12.0 Å². The van der Waals surface area contributed by atoms with Crippen LogP contribution in [0.2, 0.25) is 0 Å². The van der Waals surface area contributed by atoms with Crippen LogP contribution in [0.15, 0.2) is 48.5 Å². The van der Waals surface area contributed by atoms with Gasteiger partial charge in [-0.15, -0.1) is 0 Å². The molecule has 2 rings (SSSR count). The van der Waals surface area contributed by atoms with Crippen LogP contribution in [-0.2, 0) is 33.2 Å². The number of benzene rings is 2. The van der Waals surface area contributed by atoms with Crippen molar-refractivity contribution < 1.29 is 52.3 Å². The molecule has 42 heavy (non-hydrogen) atoms. The number of nitrogens with zero attached hydrogens (tertiary/aromatic N) is 1. The Hall–Kier alpha value is -3.17. The fraction of sp³-hybridized carbons (Fsp3) is 0.552. The summed E-state index contributed by atoms with van der Waals surface area (Å²) in [5.74, 6) is 1.25. The van der Waals surface area contributed by atoms with Crippen LogP contribution in [0.1, 0.15) is 10.4 Å². The molecule has 13 nitrogen and oxygen atoms in total. The lowest BCUT2D eigenvalue weighted by Crippen LogP contribution is -2.15. The maximum atomic E-state index is 10.6. The van der Waals surface area contributed by atoms with Gasteiger partial charge in [-0.3, -0.25) is 14.9 Å². The van der Waals surface area contributed by atoms with Crippen molar-refractivity contribution in [1.82, 2.24) is 0 Å². The molecule has 0 unspecified atom stereocenters. The van der Waals surface area contributed by atoms with Gasteiger partial charge in [-0.05, 0) is 36.4 Å². The number of ether oxygens (including phenoxy) is 9. The fourth-order valence-electron chi connectivity index (χ4n) is 3.17. The molecule has 0 radical (unpaired) electrons. The molecule has 0 aromatic heterocycles. The van der Waals surface area contributed by atoms with Crippen molar-refractivity contribution in [2.45, 2.75) is 0 Å². The Bertz CT molecular complexity index is 943. The predicted octanol–water partition coefficient (Wildman–Crippen LogP) is 2.98. The quantitative estimate of drug-likeness (QED) is 0.0617. The summed E-state index contributed by atoms with van der Waals surface area (Å²) in [6.45, 7) is 7.22. The highest BCUT2D eigenvalue weighted by Crippen LogP contribution is 2.17. The second-order valence-corrected chi connectivity index (χ2v) is 8.42. The third kappa shape index (κ3) is 18.3. The van der Waals surface area contributed by atoms with Crippen LogP contribution >= 0.6 is 0 Å². The van der Waals surface area contributed by atoms with Crippen molar-refractivity contribution in [2.75, 3.05) is 106 Å². The van der Waals surface area contributed by atoms with Gasteiger partial charge in [0.15, 0.2) is 0 Å². The number of nitro groups is 1. The van der Waals surface area contributed by atoms with E-state index < -0.39 is 4.92 Å². The van der Waals surface area contributed by atoms with E-state index in [1.54, 1.807) is 36.4 Å². The van der Waals surface area contributed by atoms with Gasteiger partial charge in [0, 0.05) is 17.7 Å². The zero-order chi connectivity index (χ0) is 29.9. The topological polar surface area (TPSA) is 143 Å². The molecule has 0 fully saturated rings. The molecule has 0 amide bonds. The SMILES string of the molecule is O=Cc1ccc(OCCOCCOCCOCCOCCOCCOCCOCCOc2ccc([N+](=O)[O-])cc2)cc1. The molecule has 0 saturated heterocycles. The average Bonchev–Trinajstić information content (AvgIpc) is 3.01. The van der Waals surface area contributed by atoms with Crippen molar-refractivity contribution in [1.29, 1.82) is 0 Å². The second kappa shape index (κ2) is 24.4. The number of hydrogen-bond donors (Lipinski definition) is 0. The minimum atomic E-state index is -0.454.